The molecule has 7 heteroatoms. The Labute approximate surface area is 145 Å². The minimum absolute atomic E-state index is 0.0249. The van der Waals surface area contributed by atoms with Gasteiger partial charge in [-0.3, -0.25) is 9.78 Å². The van der Waals surface area contributed by atoms with Gasteiger partial charge in [0.1, 0.15) is 4.90 Å². The van der Waals surface area contributed by atoms with Crippen LogP contribution < -0.4 is 4.72 Å². The van der Waals surface area contributed by atoms with Crippen molar-refractivity contribution in [3.05, 3.63) is 72.4 Å². The van der Waals surface area contributed by atoms with Gasteiger partial charge in [-0.05, 0) is 17.7 Å². The number of carbonyl (C=O) groups is 1. The van der Waals surface area contributed by atoms with Gasteiger partial charge in [-0.1, -0.05) is 48.5 Å². The minimum Gasteiger partial charge on any atom is -0.481 e. The SMILES string of the molecule is O=C(O)CC(NS(=O)(=O)c1cccc2cccnc12)c1ccccc1. The van der Waals surface area contributed by atoms with Crippen LogP contribution in [0.25, 0.3) is 10.9 Å². The molecule has 2 aromatic carbocycles. The lowest BCUT2D eigenvalue weighted by Crippen LogP contribution is -2.30. The molecule has 3 rings (SSSR count). The summed E-state index contributed by atoms with van der Waals surface area (Å²) in [5, 5.41) is 9.83. The molecule has 0 radical (unpaired) electrons. The molecule has 0 fully saturated rings. The highest BCUT2D eigenvalue weighted by Crippen LogP contribution is 2.24. The van der Waals surface area contributed by atoms with E-state index in [1.54, 1.807) is 54.6 Å². The number of pyridine rings is 1. The van der Waals surface area contributed by atoms with Gasteiger partial charge < -0.3 is 5.11 Å². The van der Waals surface area contributed by atoms with Crippen molar-refractivity contribution in [2.75, 3.05) is 0 Å². The van der Waals surface area contributed by atoms with E-state index in [-0.39, 0.29) is 11.3 Å². The summed E-state index contributed by atoms with van der Waals surface area (Å²) in [5.41, 5.74) is 0.932. The molecule has 0 saturated heterocycles. The van der Waals surface area contributed by atoms with Crippen LogP contribution >= 0.6 is 0 Å². The van der Waals surface area contributed by atoms with Gasteiger partial charge in [-0.15, -0.1) is 0 Å². The maximum absolute atomic E-state index is 12.9. The average molecular weight is 356 g/mol. The van der Waals surface area contributed by atoms with Crippen molar-refractivity contribution >= 4 is 26.9 Å². The number of nitrogens with zero attached hydrogens (tertiary/aromatic N) is 1. The lowest BCUT2D eigenvalue weighted by atomic mass is 10.1. The molecule has 1 heterocycles. The Kier molecular flexibility index (Phi) is 4.78. The molecule has 1 aromatic heterocycles. The molecular weight excluding hydrogens is 340 g/mol. The van der Waals surface area contributed by atoms with Crippen molar-refractivity contribution in [2.45, 2.75) is 17.4 Å². The van der Waals surface area contributed by atoms with E-state index in [9.17, 15) is 13.2 Å². The first kappa shape index (κ1) is 17.1. The summed E-state index contributed by atoms with van der Waals surface area (Å²) in [6.07, 6.45) is 1.16. The van der Waals surface area contributed by atoms with Crippen LogP contribution in [0.15, 0.2) is 71.8 Å². The molecule has 0 aliphatic rings. The van der Waals surface area contributed by atoms with E-state index in [1.807, 2.05) is 0 Å². The average Bonchev–Trinajstić information content (AvgIpc) is 2.61. The Balaban J connectivity index is 2.02. The predicted molar refractivity (Wildman–Crippen MR) is 93.5 cm³/mol. The van der Waals surface area contributed by atoms with Gasteiger partial charge in [0.05, 0.1) is 18.0 Å². The van der Waals surface area contributed by atoms with Crippen molar-refractivity contribution in [3.8, 4) is 0 Å². The number of benzene rings is 2. The van der Waals surface area contributed by atoms with Gasteiger partial charge in [0.2, 0.25) is 10.0 Å². The van der Waals surface area contributed by atoms with E-state index < -0.39 is 22.0 Å². The van der Waals surface area contributed by atoms with Crippen LogP contribution in [-0.2, 0) is 14.8 Å². The molecule has 3 aromatic rings. The second-order valence-electron chi connectivity index (χ2n) is 5.51. The number of aliphatic carboxylic acids is 1. The highest BCUT2D eigenvalue weighted by Gasteiger charge is 2.25. The summed E-state index contributed by atoms with van der Waals surface area (Å²) in [6.45, 7) is 0. The monoisotopic (exact) mass is 356 g/mol. The standard InChI is InChI=1S/C18H16N2O4S/c21-17(22)12-15(13-6-2-1-3-7-13)20-25(23,24)16-10-4-8-14-9-5-11-19-18(14)16/h1-11,15,20H,12H2,(H,21,22). The fraction of sp³-hybridized carbons (Fsp3) is 0.111. The number of fused-ring (bicyclic) bond motifs is 1. The number of carboxylic acids is 1. The molecular formula is C18H16N2O4S. The molecule has 0 bridgehead atoms. The molecule has 2 N–H and O–H groups in total. The topological polar surface area (TPSA) is 96.4 Å². The minimum atomic E-state index is -3.96. The van der Waals surface area contributed by atoms with E-state index in [4.69, 9.17) is 5.11 Å². The van der Waals surface area contributed by atoms with E-state index >= 15 is 0 Å². The second-order valence-corrected chi connectivity index (χ2v) is 7.20. The summed E-state index contributed by atoms with van der Waals surface area (Å²) >= 11 is 0. The van der Waals surface area contributed by atoms with Gasteiger partial charge in [-0.2, -0.15) is 0 Å². The van der Waals surface area contributed by atoms with Crippen molar-refractivity contribution in [1.29, 1.82) is 0 Å². The maximum Gasteiger partial charge on any atom is 0.305 e. The Morgan fingerprint density at radius 3 is 2.48 bits per heavy atom. The molecule has 1 unspecified atom stereocenters. The number of rotatable bonds is 6. The molecule has 128 valence electrons. The normalized spacial score (nSPS) is 12.8. The fourth-order valence-electron chi connectivity index (χ4n) is 2.63. The van der Waals surface area contributed by atoms with Crippen molar-refractivity contribution in [2.24, 2.45) is 0 Å². The lowest BCUT2D eigenvalue weighted by Gasteiger charge is -2.18. The largest absolute Gasteiger partial charge is 0.481 e. The quantitative estimate of drug-likeness (QED) is 0.708. The van der Waals surface area contributed by atoms with Crippen molar-refractivity contribution in [3.63, 3.8) is 0 Å². The first-order valence-electron chi connectivity index (χ1n) is 7.60. The number of para-hydroxylation sites is 1. The zero-order valence-corrected chi connectivity index (χ0v) is 14.0. The van der Waals surface area contributed by atoms with Gasteiger partial charge in [-0.25, -0.2) is 13.1 Å². The van der Waals surface area contributed by atoms with Crippen LogP contribution in [0.4, 0.5) is 0 Å². The van der Waals surface area contributed by atoms with Crippen LogP contribution in [0.1, 0.15) is 18.0 Å². The Hall–Kier alpha value is -2.77. The van der Waals surface area contributed by atoms with Crippen LogP contribution in [0.5, 0.6) is 0 Å². The third-order valence-electron chi connectivity index (χ3n) is 3.76. The second kappa shape index (κ2) is 7.00. The van der Waals surface area contributed by atoms with Crippen LogP contribution in [0.2, 0.25) is 0 Å². The summed E-state index contributed by atoms with van der Waals surface area (Å²) in [4.78, 5) is 15.3. The predicted octanol–water partition coefficient (Wildman–Crippen LogP) is 2.73. The van der Waals surface area contributed by atoms with Gasteiger partial charge in [0.25, 0.3) is 0 Å². The molecule has 0 aliphatic heterocycles. The number of aromatic nitrogens is 1. The van der Waals surface area contributed by atoms with Crippen LogP contribution in [0, 0.1) is 0 Å². The molecule has 25 heavy (non-hydrogen) atoms. The molecule has 0 amide bonds. The summed E-state index contributed by atoms with van der Waals surface area (Å²) in [5.74, 6) is -1.09. The number of hydrogen-bond acceptors (Lipinski definition) is 4. The van der Waals surface area contributed by atoms with E-state index in [0.717, 1.165) is 0 Å². The maximum atomic E-state index is 12.9. The van der Waals surface area contributed by atoms with Gasteiger partial charge in [0, 0.05) is 11.6 Å². The summed E-state index contributed by atoms with van der Waals surface area (Å²) in [7, 11) is -3.96. The van der Waals surface area contributed by atoms with E-state index in [0.29, 0.717) is 16.5 Å². The van der Waals surface area contributed by atoms with E-state index in [2.05, 4.69) is 9.71 Å². The summed E-state index contributed by atoms with van der Waals surface area (Å²) in [6, 6.07) is 16.1. The van der Waals surface area contributed by atoms with Gasteiger partial charge in [0.15, 0.2) is 0 Å². The number of sulfonamides is 1. The smallest absolute Gasteiger partial charge is 0.305 e. The molecule has 0 saturated carbocycles. The zero-order chi connectivity index (χ0) is 17.9. The first-order chi connectivity index (χ1) is 12.0. The first-order valence-corrected chi connectivity index (χ1v) is 9.08. The Bertz CT molecular complexity index is 999. The molecule has 0 spiro atoms. The van der Waals surface area contributed by atoms with E-state index in [1.165, 1.54) is 12.3 Å². The highest BCUT2D eigenvalue weighted by molar-refractivity contribution is 7.89. The number of carboxylic acid groups (broad SMARTS) is 1. The zero-order valence-electron chi connectivity index (χ0n) is 13.2. The Morgan fingerprint density at radius 1 is 1.04 bits per heavy atom. The molecule has 1 atom stereocenters. The van der Waals surface area contributed by atoms with Crippen LogP contribution in [0.3, 0.4) is 0 Å². The Morgan fingerprint density at radius 2 is 1.76 bits per heavy atom. The van der Waals surface area contributed by atoms with Crippen molar-refractivity contribution < 1.29 is 18.3 Å². The highest BCUT2D eigenvalue weighted by atomic mass is 32.2. The van der Waals surface area contributed by atoms with Crippen molar-refractivity contribution in [1.82, 2.24) is 9.71 Å². The molecule has 6 nitrogen and oxygen atoms in total. The third-order valence-corrected chi connectivity index (χ3v) is 5.27. The summed E-state index contributed by atoms with van der Waals surface area (Å²) < 4.78 is 28.2. The lowest BCUT2D eigenvalue weighted by molar-refractivity contribution is -0.137. The van der Waals surface area contributed by atoms with Gasteiger partial charge >= 0.3 is 5.97 Å². The third kappa shape index (κ3) is 3.84. The molecule has 0 aliphatic carbocycles. The van der Waals surface area contributed by atoms with Crippen LogP contribution in [-0.4, -0.2) is 24.5 Å². The fourth-order valence-corrected chi connectivity index (χ4v) is 4.04. The number of hydrogen-bond donors (Lipinski definition) is 2. The number of nitrogens with one attached hydrogen (secondary N) is 1.